The summed E-state index contributed by atoms with van der Waals surface area (Å²) in [6.07, 6.45) is -6.29. The molecule has 0 aliphatic carbocycles. The second-order valence-electron chi connectivity index (χ2n) is 9.07. The van der Waals surface area contributed by atoms with Gasteiger partial charge in [-0.1, -0.05) is 84.9 Å². The lowest BCUT2D eigenvalue weighted by molar-refractivity contribution is -0.202. The number of amides is 3. The summed E-state index contributed by atoms with van der Waals surface area (Å²) in [7, 11) is 0. The second kappa shape index (κ2) is 15.7. The van der Waals surface area contributed by atoms with Gasteiger partial charge < -0.3 is 25.4 Å². The van der Waals surface area contributed by atoms with E-state index in [1.807, 2.05) is 36.4 Å². The molecule has 3 N–H and O–H groups in total. The second-order valence-corrected chi connectivity index (χ2v) is 9.07. The molecule has 0 aliphatic rings. The van der Waals surface area contributed by atoms with Crippen LogP contribution in [0.1, 0.15) is 23.5 Å². The number of alkyl carbamates (subject to hydrolysis) is 1. The zero-order chi connectivity index (χ0) is 31.2. The van der Waals surface area contributed by atoms with Crippen molar-refractivity contribution in [2.24, 2.45) is 0 Å². The summed E-state index contributed by atoms with van der Waals surface area (Å²) in [5.41, 5.74) is 2.58. The van der Waals surface area contributed by atoms with Crippen LogP contribution in [0, 0.1) is 0 Å². The van der Waals surface area contributed by atoms with Gasteiger partial charge in [0.05, 0.1) is 12.5 Å². The predicted molar refractivity (Wildman–Crippen MR) is 147 cm³/mol. The average molecular weight is 600 g/mol. The minimum Gasteiger partial charge on any atom is -0.445 e. The van der Waals surface area contributed by atoms with Gasteiger partial charge in [-0.3, -0.25) is 14.4 Å². The van der Waals surface area contributed by atoms with Crippen LogP contribution in [0.5, 0.6) is 0 Å². The lowest BCUT2D eigenvalue weighted by atomic mass is 9.96. The van der Waals surface area contributed by atoms with Gasteiger partial charge in [0.15, 0.2) is 0 Å². The number of hydrogen-bond acceptors (Lipinski definition) is 7. The van der Waals surface area contributed by atoms with Crippen molar-refractivity contribution in [1.29, 1.82) is 0 Å². The average Bonchev–Trinajstić information content (AvgIpc) is 3.00. The quantitative estimate of drug-likeness (QED) is 0.213. The van der Waals surface area contributed by atoms with Crippen molar-refractivity contribution in [2.45, 2.75) is 25.1 Å². The number of esters is 2. The van der Waals surface area contributed by atoms with Crippen molar-refractivity contribution in [2.75, 3.05) is 19.6 Å². The molecular weight excluding hydrogens is 571 g/mol. The fourth-order valence-corrected chi connectivity index (χ4v) is 3.69. The standard InChI is InChI=1S/C30H28F3N3O7/c31-30(32,33)28(40)43-27(39)24(23-13-11-22(12-14-23)21-9-5-2-6-10-21)17-35-26(38)18-36-25(37)15-16-34-29(41)42-19-20-7-3-1-4-8-20/h1-14,24H,15-19H2,(H,34,41)(H,35,38)(H,36,37). The maximum Gasteiger partial charge on any atom is 0.491 e. The van der Waals surface area contributed by atoms with Gasteiger partial charge in [0.1, 0.15) is 6.61 Å². The lowest BCUT2D eigenvalue weighted by Crippen LogP contribution is -2.41. The molecule has 0 spiro atoms. The molecule has 0 saturated carbocycles. The number of hydrogen-bond donors (Lipinski definition) is 3. The number of carbonyl (C=O) groups excluding carboxylic acids is 5. The summed E-state index contributed by atoms with van der Waals surface area (Å²) >= 11 is 0. The number of carbonyl (C=O) groups is 5. The highest BCUT2D eigenvalue weighted by Gasteiger charge is 2.43. The summed E-state index contributed by atoms with van der Waals surface area (Å²) in [6, 6.07) is 24.3. The molecule has 0 bridgehead atoms. The molecule has 3 rings (SSSR count). The first kappa shape index (κ1) is 32.3. The summed E-state index contributed by atoms with van der Waals surface area (Å²) in [4.78, 5) is 59.9. The number of halogens is 3. The molecule has 0 radical (unpaired) electrons. The van der Waals surface area contributed by atoms with Crippen molar-refractivity contribution >= 4 is 29.8 Å². The van der Waals surface area contributed by atoms with Gasteiger partial charge >= 0.3 is 24.2 Å². The molecule has 13 heteroatoms. The van der Waals surface area contributed by atoms with Crippen LogP contribution in [-0.4, -0.2) is 55.7 Å². The molecule has 0 aliphatic heterocycles. The minimum atomic E-state index is -5.39. The summed E-state index contributed by atoms with van der Waals surface area (Å²) in [6.45, 7) is -1.05. The molecule has 0 saturated heterocycles. The van der Waals surface area contributed by atoms with Crippen LogP contribution in [0.2, 0.25) is 0 Å². The SMILES string of the molecule is O=C(CCNC(=O)OCc1ccccc1)NCC(=O)NCC(C(=O)OC(=O)C(F)(F)F)c1ccc(-c2ccccc2)cc1. The fourth-order valence-electron chi connectivity index (χ4n) is 3.69. The summed E-state index contributed by atoms with van der Waals surface area (Å²) < 4.78 is 47.1. The van der Waals surface area contributed by atoms with Crippen molar-refractivity contribution < 1.29 is 46.6 Å². The summed E-state index contributed by atoms with van der Waals surface area (Å²) in [5.74, 6) is -6.99. The number of alkyl halides is 3. The van der Waals surface area contributed by atoms with E-state index in [-0.39, 0.29) is 25.1 Å². The molecular formula is C30H28F3N3O7. The highest BCUT2D eigenvalue weighted by atomic mass is 19.4. The number of nitrogens with one attached hydrogen (secondary N) is 3. The molecule has 3 amide bonds. The van der Waals surface area contributed by atoms with Crippen molar-refractivity contribution in [3.8, 4) is 11.1 Å². The fraction of sp³-hybridized carbons (Fsp3) is 0.233. The minimum absolute atomic E-state index is 0.0507. The Bertz CT molecular complexity index is 1400. The van der Waals surface area contributed by atoms with Crippen molar-refractivity contribution in [3.63, 3.8) is 0 Å². The third-order valence-electron chi connectivity index (χ3n) is 5.91. The molecule has 0 fully saturated rings. The van der Waals surface area contributed by atoms with E-state index in [1.54, 1.807) is 36.4 Å². The van der Waals surface area contributed by atoms with E-state index in [4.69, 9.17) is 4.74 Å². The Balaban J connectivity index is 1.49. The van der Waals surface area contributed by atoms with Crippen LogP contribution in [0.3, 0.4) is 0 Å². The Hall–Kier alpha value is -5.20. The van der Waals surface area contributed by atoms with Gasteiger partial charge in [-0.15, -0.1) is 0 Å². The van der Waals surface area contributed by atoms with Gasteiger partial charge in [0.2, 0.25) is 11.8 Å². The first-order valence-corrected chi connectivity index (χ1v) is 13.0. The molecule has 1 atom stereocenters. The van der Waals surface area contributed by atoms with E-state index in [1.165, 1.54) is 12.1 Å². The topological polar surface area (TPSA) is 140 Å². The van der Waals surface area contributed by atoms with E-state index in [9.17, 15) is 37.1 Å². The van der Waals surface area contributed by atoms with Crippen LogP contribution in [0.15, 0.2) is 84.9 Å². The van der Waals surface area contributed by atoms with Gasteiger partial charge in [0.25, 0.3) is 0 Å². The smallest absolute Gasteiger partial charge is 0.445 e. The third-order valence-corrected chi connectivity index (χ3v) is 5.91. The van der Waals surface area contributed by atoms with E-state index >= 15 is 0 Å². The van der Waals surface area contributed by atoms with Crippen molar-refractivity contribution in [3.05, 3.63) is 96.1 Å². The largest absolute Gasteiger partial charge is 0.491 e. The number of rotatable bonds is 12. The van der Waals surface area contributed by atoms with E-state index in [0.29, 0.717) is 0 Å². The molecule has 3 aromatic rings. The monoisotopic (exact) mass is 599 g/mol. The molecule has 226 valence electrons. The lowest BCUT2D eigenvalue weighted by Gasteiger charge is -2.17. The predicted octanol–water partition coefficient (Wildman–Crippen LogP) is 3.62. The Morgan fingerprint density at radius 3 is 1.95 bits per heavy atom. The van der Waals surface area contributed by atoms with E-state index in [2.05, 4.69) is 20.7 Å². The third kappa shape index (κ3) is 10.9. The normalized spacial score (nSPS) is 11.5. The van der Waals surface area contributed by atoms with Gasteiger partial charge in [-0.25, -0.2) is 9.59 Å². The van der Waals surface area contributed by atoms with Gasteiger partial charge in [-0.2, -0.15) is 13.2 Å². The van der Waals surface area contributed by atoms with Crippen LogP contribution < -0.4 is 16.0 Å². The van der Waals surface area contributed by atoms with Crippen LogP contribution in [-0.2, 0) is 35.3 Å². The number of ether oxygens (including phenoxy) is 2. The Kier molecular flexibility index (Phi) is 11.8. The zero-order valence-corrected chi connectivity index (χ0v) is 22.7. The van der Waals surface area contributed by atoms with Gasteiger partial charge in [0, 0.05) is 19.5 Å². The van der Waals surface area contributed by atoms with Crippen molar-refractivity contribution in [1.82, 2.24) is 16.0 Å². The maximum absolute atomic E-state index is 12.7. The Morgan fingerprint density at radius 1 is 0.721 bits per heavy atom. The van der Waals surface area contributed by atoms with E-state index in [0.717, 1.165) is 16.7 Å². The van der Waals surface area contributed by atoms with Crippen LogP contribution in [0.25, 0.3) is 11.1 Å². The number of benzene rings is 3. The molecule has 1 unspecified atom stereocenters. The highest BCUT2D eigenvalue weighted by Crippen LogP contribution is 2.25. The molecule has 43 heavy (non-hydrogen) atoms. The van der Waals surface area contributed by atoms with Gasteiger partial charge in [-0.05, 0) is 22.3 Å². The first-order chi connectivity index (χ1) is 20.5. The zero-order valence-electron chi connectivity index (χ0n) is 22.7. The van der Waals surface area contributed by atoms with Crippen LogP contribution >= 0.6 is 0 Å². The van der Waals surface area contributed by atoms with E-state index < -0.39 is 55.0 Å². The molecule has 0 heterocycles. The highest BCUT2D eigenvalue weighted by molar-refractivity contribution is 5.92. The Labute approximate surface area is 244 Å². The Morgan fingerprint density at radius 2 is 1.33 bits per heavy atom. The first-order valence-electron chi connectivity index (χ1n) is 13.0. The maximum atomic E-state index is 12.7. The molecule has 0 aromatic heterocycles. The van der Waals surface area contributed by atoms with Crippen LogP contribution in [0.4, 0.5) is 18.0 Å². The molecule has 3 aromatic carbocycles. The molecule has 10 nitrogen and oxygen atoms in total. The summed E-state index contributed by atoms with van der Waals surface area (Å²) in [5, 5.41) is 7.07.